The minimum absolute atomic E-state index is 0.00704. The fourth-order valence-corrected chi connectivity index (χ4v) is 2.43. The van der Waals surface area contributed by atoms with E-state index in [1.807, 2.05) is 26.8 Å². The maximum atomic E-state index is 14.4. The molecule has 0 aliphatic rings. The Kier molecular flexibility index (Phi) is 4.92. The van der Waals surface area contributed by atoms with Crippen molar-refractivity contribution >= 4 is 5.82 Å². The highest BCUT2D eigenvalue weighted by atomic mass is 19.1. The molecule has 0 atom stereocenters. The number of aromatic nitrogens is 4. The Labute approximate surface area is 145 Å². The maximum Gasteiger partial charge on any atom is 0.257 e. The molecule has 0 fully saturated rings. The van der Waals surface area contributed by atoms with Gasteiger partial charge in [0.15, 0.2) is 5.82 Å². The van der Waals surface area contributed by atoms with Gasteiger partial charge in [0.1, 0.15) is 11.6 Å². The van der Waals surface area contributed by atoms with E-state index in [4.69, 9.17) is 4.74 Å². The first-order valence-electron chi connectivity index (χ1n) is 8.05. The van der Waals surface area contributed by atoms with Crippen LogP contribution in [0.4, 0.5) is 10.2 Å². The van der Waals surface area contributed by atoms with Crippen LogP contribution in [-0.4, -0.2) is 25.6 Å². The third kappa shape index (κ3) is 3.93. The van der Waals surface area contributed by atoms with Crippen molar-refractivity contribution < 1.29 is 9.13 Å². The smallest absolute Gasteiger partial charge is 0.257 e. The molecular weight excluding hydrogens is 321 g/mol. The molecule has 2 heterocycles. The molecule has 3 aromatic rings. The van der Waals surface area contributed by atoms with Crippen molar-refractivity contribution in [2.75, 3.05) is 5.32 Å². The van der Waals surface area contributed by atoms with Gasteiger partial charge in [-0.1, -0.05) is 6.07 Å². The van der Waals surface area contributed by atoms with E-state index >= 15 is 0 Å². The van der Waals surface area contributed by atoms with Crippen molar-refractivity contribution in [3.05, 3.63) is 60.2 Å². The molecule has 0 saturated heterocycles. The summed E-state index contributed by atoms with van der Waals surface area (Å²) in [6.07, 6.45) is 6.54. The zero-order valence-electron chi connectivity index (χ0n) is 14.4. The van der Waals surface area contributed by atoms with Crippen molar-refractivity contribution in [3.8, 4) is 11.6 Å². The average Bonchev–Trinajstić information content (AvgIpc) is 2.99. The summed E-state index contributed by atoms with van der Waals surface area (Å²) in [4.78, 5) is 12.5. The van der Waals surface area contributed by atoms with E-state index in [1.54, 1.807) is 35.4 Å². The second-order valence-electron chi connectivity index (χ2n) is 5.86. The summed E-state index contributed by atoms with van der Waals surface area (Å²) in [5.74, 6) is 1.40. The van der Waals surface area contributed by atoms with Crippen LogP contribution in [0.5, 0.6) is 5.88 Å². The summed E-state index contributed by atoms with van der Waals surface area (Å²) >= 11 is 0. The number of halogens is 1. The fraction of sp³-hybridized carbons (Fsp3) is 0.278. The number of rotatable bonds is 6. The first-order valence-corrected chi connectivity index (χ1v) is 8.05. The van der Waals surface area contributed by atoms with E-state index in [1.165, 1.54) is 6.07 Å². The molecule has 0 aliphatic heterocycles. The monoisotopic (exact) mass is 341 g/mol. The van der Waals surface area contributed by atoms with Gasteiger partial charge in [-0.05, 0) is 38.5 Å². The third-order valence-electron chi connectivity index (χ3n) is 3.57. The Morgan fingerprint density at radius 1 is 1.16 bits per heavy atom. The zero-order chi connectivity index (χ0) is 17.8. The van der Waals surface area contributed by atoms with Crippen LogP contribution in [0.1, 0.15) is 25.2 Å². The van der Waals surface area contributed by atoms with Crippen LogP contribution in [0.15, 0.2) is 43.0 Å². The lowest BCUT2D eigenvalue weighted by atomic mass is 10.2. The molecule has 2 aromatic heterocycles. The molecule has 1 aromatic carbocycles. The molecule has 130 valence electrons. The average molecular weight is 341 g/mol. The highest BCUT2D eigenvalue weighted by Gasteiger charge is 2.10. The molecule has 25 heavy (non-hydrogen) atoms. The van der Waals surface area contributed by atoms with Gasteiger partial charge in [-0.3, -0.25) is 0 Å². The molecule has 0 spiro atoms. The van der Waals surface area contributed by atoms with E-state index in [9.17, 15) is 4.39 Å². The lowest BCUT2D eigenvalue weighted by Crippen LogP contribution is -2.11. The first-order chi connectivity index (χ1) is 12.0. The Balaban J connectivity index is 1.75. The van der Waals surface area contributed by atoms with Crippen molar-refractivity contribution in [1.82, 2.24) is 19.5 Å². The SMILES string of the molecule is Cc1nccn1-c1ccc(CNc2nccnc2OC(C)C)cc1F. The van der Waals surface area contributed by atoms with Crippen molar-refractivity contribution in [2.45, 2.75) is 33.4 Å². The lowest BCUT2D eigenvalue weighted by Gasteiger charge is -2.13. The summed E-state index contributed by atoms with van der Waals surface area (Å²) in [6.45, 7) is 6.09. The highest BCUT2D eigenvalue weighted by Crippen LogP contribution is 2.21. The number of hydrogen-bond donors (Lipinski definition) is 1. The van der Waals surface area contributed by atoms with Crippen molar-refractivity contribution in [2.24, 2.45) is 0 Å². The Hall–Kier alpha value is -2.96. The number of imidazole rings is 1. The number of benzene rings is 1. The minimum atomic E-state index is -0.307. The summed E-state index contributed by atoms with van der Waals surface area (Å²) < 4.78 is 21.8. The predicted octanol–water partition coefficient (Wildman–Crippen LogP) is 3.51. The Morgan fingerprint density at radius 2 is 1.96 bits per heavy atom. The molecule has 0 bridgehead atoms. The number of anilines is 1. The van der Waals surface area contributed by atoms with Crippen LogP contribution in [0.2, 0.25) is 0 Å². The molecule has 3 rings (SSSR count). The van der Waals surface area contributed by atoms with Gasteiger partial charge in [-0.2, -0.15) is 0 Å². The Morgan fingerprint density at radius 3 is 2.64 bits per heavy atom. The molecule has 0 radical (unpaired) electrons. The van der Waals surface area contributed by atoms with E-state index < -0.39 is 0 Å². The number of aryl methyl sites for hydroxylation is 1. The quantitative estimate of drug-likeness (QED) is 0.743. The van der Waals surface area contributed by atoms with Crippen molar-refractivity contribution in [1.29, 1.82) is 0 Å². The largest absolute Gasteiger partial charge is 0.472 e. The van der Waals surface area contributed by atoms with Crippen LogP contribution >= 0.6 is 0 Å². The Bertz CT molecular complexity index is 862. The zero-order valence-corrected chi connectivity index (χ0v) is 14.4. The maximum absolute atomic E-state index is 14.4. The summed E-state index contributed by atoms with van der Waals surface area (Å²) in [5, 5.41) is 3.14. The molecule has 0 unspecified atom stereocenters. The topological polar surface area (TPSA) is 64.9 Å². The predicted molar refractivity (Wildman–Crippen MR) is 93.4 cm³/mol. The minimum Gasteiger partial charge on any atom is -0.472 e. The number of nitrogens with one attached hydrogen (secondary N) is 1. The van der Waals surface area contributed by atoms with E-state index in [-0.39, 0.29) is 11.9 Å². The number of nitrogens with zero attached hydrogens (tertiary/aromatic N) is 4. The number of hydrogen-bond acceptors (Lipinski definition) is 5. The van der Waals surface area contributed by atoms with Crippen LogP contribution in [0.3, 0.4) is 0 Å². The van der Waals surface area contributed by atoms with E-state index in [0.29, 0.717) is 23.9 Å². The van der Waals surface area contributed by atoms with E-state index in [0.717, 1.165) is 11.4 Å². The lowest BCUT2D eigenvalue weighted by molar-refractivity contribution is 0.233. The number of ether oxygens (including phenoxy) is 1. The van der Waals surface area contributed by atoms with Crippen molar-refractivity contribution in [3.63, 3.8) is 0 Å². The van der Waals surface area contributed by atoms with Crippen LogP contribution in [0, 0.1) is 12.7 Å². The normalized spacial score (nSPS) is 10.9. The second-order valence-corrected chi connectivity index (χ2v) is 5.86. The summed E-state index contributed by atoms with van der Waals surface area (Å²) in [5.41, 5.74) is 1.27. The van der Waals surface area contributed by atoms with Gasteiger partial charge in [-0.15, -0.1) is 0 Å². The van der Waals surface area contributed by atoms with Gasteiger partial charge in [0.2, 0.25) is 0 Å². The summed E-state index contributed by atoms with van der Waals surface area (Å²) in [6, 6.07) is 5.11. The van der Waals surface area contributed by atoms with Crippen LogP contribution in [-0.2, 0) is 6.54 Å². The molecule has 6 nitrogen and oxygen atoms in total. The highest BCUT2D eigenvalue weighted by molar-refractivity contribution is 5.46. The molecule has 0 amide bonds. The molecular formula is C18H20FN5O. The van der Waals surface area contributed by atoms with E-state index in [2.05, 4.69) is 20.3 Å². The third-order valence-corrected chi connectivity index (χ3v) is 3.57. The summed E-state index contributed by atoms with van der Waals surface area (Å²) in [7, 11) is 0. The van der Waals surface area contributed by atoms with Crippen LogP contribution in [0.25, 0.3) is 5.69 Å². The van der Waals surface area contributed by atoms with Gasteiger partial charge < -0.3 is 14.6 Å². The molecule has 7 heteroatoms. The van der Waals surface area contributed by atoms with Crippen LogP contribution < -0.4 is 10.1 Å². The fourth-order valence-electron chi connectivity index (χ4n) is 2.43. The van der Waals surface area contributed by atoms with Gasteiger partial charge in [0.25, 0.3) is 5.88 Å². The first kappa shape index (κ1) is 16.9. The van der Waals surface area contributed by atoms with Gasteiger partial charge >= 0.3 is 0 Å². The van der Waals surface area contributed by atoms with Gasteiger partial charge in [0, 0.05) is 31.3 Å². The molecule has 0 aliphatic carbocycles. The van der Waals surface area contributed by atoms with Gasteiger partial charge in [0.05, 0.1) is 11.8 Å². The standard InChI is InChI=1S/C18H20FN5O/c1-12(2)25-18-17(21-6-7-22-18)23-11-14-4-5-16(15(19)10-14)24-9-8-20-13(24)3/h4-10,12H,11H2,1-3H3,(H,21,23). The molecule has 1 N–H and O–H groups in total. The molecule has 0 saturated carbocycles. The second kappa shape index (κ2) is 7.29. The van der Waals surface area contributed by atoms with Gasteiger partial charge in [-0.25, -0.2) is 19.3 Å².